The van der Waals surface area contributed by atoms with Crippen molar-refractivity contribution in [3.63, 3.8) is 0 Å². The van der Waals surface area contributed by atoms with Gasteiger partial charge in [-0.15, -0.1) is 0 Å². The number of benzene rings is 1. The van der Waals surface area contributed by atoms with Crippen LogP contribution in [-0.4, -0.2) is 43.4 Å². The summed E-state index contributed by atoms with van der Waals surface area (Å²) in [5.41, 5.74) is 1.14. The molecule has 0 aliphatic heterocycles. The molecule has 3 N–H and O–H groups in total. The number of aliphatic hydroxyl groups excluding tert-OH is 1. The summed E-state index contributed by atoms with van der Waals surface area (Å²) in [6, 6.07) is 7.88. The van der Waals surface area contributed by atoms with E-state index in [0.717, 1.165) is 11.3 Å². The van der Waals surface area contributed by atoms with Gasteiger partial charge in [-0.3, -0.25) is 4.79 Å². The van der Waals surface area contributed by atoms with E-state index in [1.54, 1.807) is 0 Å². The number of amides is 1. The predicted octanol–water partition coefficient (Wildman–Crippen LogP) is 1.28. The second-order valence-electron chi connectivity index (χ2n) is 5.34. The van der Waals surface area contributed by atoms with Gasteiger partial charge in [-0.05, 0) is 17.5 Å². The molecule has 0 saturated carbocycles. The number of aliphatic hydroxyl groups is 1. The summed E-state index contributed by atoms with van der Waals surface area (Å²) in [5, 5.41) is 15.6. The highest BCUT2D eigenvalue weighted by Crippen LogP contribution is 2.25. The third kappa shape index (κ3) is 7.11. The summed E-state index contributed by atoms with van der Waals surface area (Å²) < 4.78 is 5.70. The number of nitrogens with one attached hydrogen (secondary N) is 2. The van der Waals surface area contributed by atoms with Crippen molar-refractivity contribution in [2.24, 2.45) is 0 Å². The number of rotatable bonds is 9. The summed E-state index contributed by atoms with van der Waals surface area (Å²) in [6.45, 7) is 7.57. The summed E-state index contributed by atoms with van der Waals surface area (Å²) in [6.07, 6.45) is -0.581. The number of ether oxygens (including phenoxy) is 1. The van der Waals surface area contributed by atoms with Gasteiger partial charge in [0, 0.05) is 26.6 Å². The Bertz CT molecular complexity index is 435. The molecule has 0 saturated heterocycles. The lowest BCUT2D eigenvalue weighted by atomic mass is 10.0. The van der Waals surface area contributed by atoms with Crippen LogP contribution in [-0.2, 0) is 4.79 Å². The van der Waals surface area contributed by atoms with E-state index in [9.17, 15) is 9.90 Å². The second-order valence-corrected chi connectivity index (χ2v) is 5.34. The van der Waals surface area contributed by atoms with Crippen molar-refractivity contribution < 1.29 is 14.6 Å². The van der Waals surface area contributed by atoms with Crippen molar-refractivity contribution in [2.75, 3.05) is 26.2 Å². The molecule has 0 aliphatic rings. The smallest absolute Gasteiger partial charge is 0.216 e. The van der Waals surface area contributed by atoms with Crippen molar-refractivity contribution in [1.29, 1.82) is 0 Å². The van der Waals surface area contributed by atoms with Gasteiger partial charge in [0.2, 0.25) is 5.91 Å². The van der Waals surface area contributed by atoms with Crippen LogP contribution in [0.3, 0.4) is 0 Å². The van der Waals surface area contributed by atoms with Gasteiger partial charge in [0.1, 0.15) is 18.5 Å². The maximum Gasteiger partial charge on any atom is 0.216 e. The normalized spacial score (nSPS) is 12.2. The quantitative estimate of drug-likeness (QED) is 0.600. The molecular weight excluding hydrogens is 268 g/mol. The van der Waals surface area contributed by atoms with Crippen molar-refractivity contribution >= 4 is 5.91 Å². The molecule has 1 amide bonds. The van der Waals surface area contributed by atoms with Crippen LogP contribution in [0, 0.1) is 0 Å². The molecule has 0 aliphatic carbocycles. The average molecular weight is 294 g/mol. The Morgan fingerprint density at radius 1 is 1.29 bits per heavy atom. The molecule has 1 aromatic rings. The van der Waals surface area contributed by atoms with Crippen LogP contribution in [0.5, 0.6) is 5.75 Å². The summed E-state index contributed by atoms with van der Waals surface area (Å²) in [4.78, 5) is 10.7. The maximum atomic E-state index is 10.7. The van der Waals surface area contributed by atoms with E-state index in [0.29, 0.717) is 25.6 Å². The first kappa shape index (κ1) is 17.5. The SMILES string of the molecule is CC(=O)NCCNC[C@H](O)COc1ccccc1C(C)C. The fourth-order valence-electron chi connectivity index (χ4n) is 1.93. The standard InChI is InChI=1S/C16H26N2O3/c1-12(2)15-6-4-5-7-16(15)21-11-14(20)10-17-8-9-18-13(3)19/h4-7,12,14,17,20H,8-11H2,1-3H3,(H,18,19)/t14-/m0/s1. The molecule has 0 unspecified atom stereocenters. The summed E-state index contributed by atoms with van der Waals surface area (Å²) in [5.74, 6) is 1.16. The molecule has 5 nitrogen and oxygen atoms in total. The molecule has 0 fully saturated rings. The first-order valence-electron chi connectivity index (χ1n) is 7.35. The van der Waals surface area contributed by atoms with Crippen LogP contribution in [0.2, 0.25) is 0 Å². The van der Waals surface area contributed by atoms with E-state index >= 15 is 0 Å². The van der Waals surface area contributed by atoms with Gasteiger partial charge in [0.25, 0.3) is 0 Å². The molecule has 1 atom stereocenters. The molecule has 0 spiro atoms. The summed E-state index contributed by atoms with van der Waals surface area (Å²) >= 11 is 0. The van der Waals surface area contributed by atoms with Gasteiger partial charge in [0.05, 0.1) is 0 Å². The number of carbonyl (C=O) groups excluding carboxylic acids is 1. The van der Waals surface area contributed by atoms with E-state index in [2.05, 4.69) is 24.5 Å². The third-order valence-corrected chi connectivity index (χ3v) is 3.03. The minimum absolute atomic E-state index is 0.0500. The van der Waals surface area contributed by atoms with Crippen LogP contribution < -0.4 is 15.4 Å². The van der Waals surface area contributed by atoms with Crippen molar-refractivity contribution in [3.8, 4) is 5.75 Å². The molecule has 1 rings (SSSR count). The van der Waals surface area contributed by atoms with Crippen LogP contribution in [0.4, 0.5) is 0 Å². The lowest BCUT2D eigenvalue weighted by molar-refractivity contribution is -0.118. The highest BCUT2D eigenvalue weighted by molar-refractivity contribution is 5.72. The second kappa shape index (κ2) is 9.37. The Kier molecular flexibility index (Phi) is 7.79. The number of carbonyl (C=O) groups is 1. The third-order valence-electron chi connectivity index (χ3n) is 3.03. The Hall–Kier alpha value is -1.59. The first-order chi connectivity index (χ1) is 10.0. The Balaban J connectivity index is 2.27. The van der Waals surface area contributed by atoms with Crippen molar-refractivity contribution in [2.45, 2.75) is 32.8 Å². The highest BCUT2D eigenvalue weighted by Gasteiger charge is 2.09. The number of hydrogen-bond acceptors (Lipinski definition) is 4. The molecule has 118 valence electrons. The molecule has 0 heterocycles. The Labute approximate surface area is 126 Å². The Morgan fingerprint density at radius 2 is 2.00 bits per heavy atom. The van der Waals surface area contributed by atoms with E-state index in [1.165, 1.54) is 6.92 Å². The molecular formula is C16H26N2O3. The van der Waals surface area contributed by atoms with Crippen LogP contribution in [0.25, 0.3) is 0 Å². The van der Waals surface area contributed by atoms with Crippen LogP contribution >= 0.6 is 0 Å². The van der Waals surface area contributed by atoms with Gasteiger partial charge in [-0.25, -0.2) is 0 Å². The van der Waals surface area contributed by atoms with Crippen molar-refractivity contribution in [3.05, 3.63) is 29.8 Å². The topological polar surface area (TPSA) is 70.6 Å². The largest absolute Gasteiger partial charge is 0.491 e. The Morgan fingerprint density at radius 3 is 2.67 bits per heavy atom. The number of hydrogen-bond donors (Lipinski definition) is 3. The fourth-order valence-corrected chi connectivity index (χ4v) is 1.93. The van der Waals surface area contributed by atoms with E-state index < -0.39 is 6.10 Å². The van der Waals surface area contributed by atoms with Gasteiger partial charge in [0.15, 0.2) is 0 Å². The molecule has 1 aromatic carbocycles. The highest BCUT2D eigenvalue weighted by atomic mass is 16.5. The first-order valence-corrected chi connectivity index (χ1v) is 7.35. The zero-order chi connectivity index (χ0) is 15.7. The lowest BCUT2D eigenvalue weighted by Gasteiger charge is -2.17. The minimum Gasteiger partial charge on any atom is -0.491 e. The van der Waals surface area contributed by atoms with Crippen LogP contribution in [0.15, 0.2) is 24.3 Å². The van der Waals surface area contributed by atoms with Crippen LogP contribution in [0.1, 0.15) is 32.3 Å². The van der Waals surface area contributed by atoms with E-state index in [4.69, 9.17) is 4.74 Å². The van der Waals surface area contributed by atoms with Gasteiger partial charge >= 0.3 is 0 Å². The molecule has 0 aromatic heterocycles. The molecule has 5 heteroatoms. The van der Waals surface area contributed by atoms with Crippen molar-refractivity contribution in [1.82, 2.24) is 10.6 Å². The van der Waals surface area contributed by atoms with Gasteiger partial charge in [-0.2, -0.15) is 0 Å². The molecule has 21 heavy (non-hydrogen) atoms. The maximum absolute atomic E-state index is 10.7. The monoisotopic (exact) mass is 294 g/mol. The van der Waals surface area contributed by atoms with Gasteiger partial charge < -0.3 is 20.5 Å². The molecule has 0 radical (unpaired) electrons. The van der Waals surface area contributed by atoms with E-state index in [1.807, 2.05) is 24.3 Å². The average Bonchev–Trinajstić information content (AvgIpc) is 2.44. The van der Waals surface area contributed by atoms with E-state index in [-0.39, 0.29) is 12.5 Å². The minimum atomic E-state index is -0.581. The van der Waals surface area contributed by atoms with Gasteiger partial charge in [-0.1, -0.05) is 32.0 Å². The predicted molar refractivity (Wildman–Crippen MR) is 83.6 cm³/mol. The fraction of sp³-hybridized carbons (Fsp3) is 0.562. The zero-order valence-corrected chi connectivity index (χ0v) is 13.1. The number of para-hydroxylation sites is 1. The zero-order valence-electron chi connectivity index (χ0n) is 13.1. The lowest BCUT2D eigenvalue weighted by Crippen LogP contribution is -2.36. The molecule has 0 bridgehead atoms. The summed E-state index contributed by atoms with van der Waals surface area (Å²) in [7, 11) is 0.